The maximum Gasteiger partial charge on any atom is 0.254 e. The van der Waals surface area contributed by atoms with Crippen LogP contribution in [0.5, 0.6) is 11.5 Å². The summed E-state index contributed by atoms with van der Waals surface area (Å²) in [5.41, 5.74) is 3.62. The highest BCUT2D eigenvalue weighted by atomic mass is 32.2. The standard InChI is InChI=1S/C24H27N3O5S/c1-4-31-22-14-24(28)27(3)15-19(22)18-13-17(26-33(29,30)5-2)10-11-21(18)32-23-12-16-8-6-7-9-20(16)25-23/h6-11,13-15,23,25-26H,4-5,12H2,1-3H3. The number of rotatable bonds is 8. The normalized spacial score (nSPS) is 14.9. The van der Waals surface area contributed by atoms with Crippen LogP contribution in [0.1, 0.15) is 19.4 Å². The van der Waals surface area contributed by atoms with Crippen molar-refractivity contribution in [3.63, 3.8) is 0 Å². The molecule has 1 unspecified atom stereocenters. The monoisotopic (exact) mass is 469 g/mol. The number of sulfonamides is 1. The number of aryl methyl sites for hydroxylation is 1. The lowest BCUT2D eigenvalue weighted by Gasteiger charge is -2.20. The molecule has 4 rings (SSSR count). The van der Waals surface area contributed by atoms with Gasteiger partial charge in [-0.3, -0.25) is 9.52 Å². The van der Waals surface area contributed by atoms with Gasteiger partial charge in [-0.2, -0.15) is 0 Å². The highest BCUT2D eigenvalue weighted by molar-refractivity contribution is 7.92. The van der Waals surface area contributed by atoms with Crippen LogP contribution in [0, 0.1) is 0 Å². The minimum absolute atomic E-state index is 0.0468. The number of benzene rings is 2. The molecular formula is C24H27N3O5S. The molecule has 8 nitrogen and oxygen atoms in total. The van der Waals surface area contributed by atoms with Gasteiger partial charge in [0.15, 0.2) is 6.23 Å². The number of nitrogens with zero attached hydrogens (tertiary/aromatic N) is 1. The van der Waals surface area contributed by atoms with Gasteiger partial charge in [0.05, 0.1) is 12.4 Å². The van der Waals surface area contributed by atoms with Crippen LogP contribution in [0.15, 0.2) is 59.5 Å². The average Bonchev–Trinajstić information content (AvgIpc) is 3.19. The van der Waals surface area contributed by atoms with E-state index in [1.54, 1.807) is 38.4 Å². The maximum absolute atomic E-state index is 12.2. The summed E-state index contributed by atoms with van der Waals surface area (Å²) >= 11 is 0. The van der Waals surface area contributed by atoms with Crippen molar-refractivity contribution in [2.45, 2.75) is 26.5 Å². The fraction of sp³-hybridized carbons (Fsp3) is 0.292. The van der Waals surface area contributed by atoms with Crippen LogP contribution >= 0.6 is 0 Å². The van der Waals surface area contributed by atoms with Crippen molar-refractivity contribution in [1.82, 2.24) is 4.57 Å². The second-order valence-electron chi connectivity index (χ2n) is 7.76. The smallest absolute Gasteiger partial charge is 0.254 e. The highest BCUT2D eigenvalue weighted by Crippen LogP contribution is 2.39. The van der Waals surface area contributed by atoms with Crippen molar-refractivity contribution in [3.05, 3.63) is 70.6 Å². The Balaban J connectivity index is 1.78. The lowest BCUT2D eigenvalue weighted by molar-refractivity contribution is 0.239. The molecule has 1 aliphatic heterocycles. The number of anilines is 2. The van der Waals surface area contributed by atoms with E-state index < -0.39 is 10.0 Å². The molecule has 0 saturated heterocycles. The van der Waals surface area contributed by atoms with Crippen LogP contribution in [-0.4, -0.2) is 31.6 Å². The Morgan fingerprint density at radius 1 is 1.09 bits per heavy atom. The minimum atomic E-state index is -3.47. The van der Waals surface area contributed by atoms with Crippen molar-refractivity contribution < 1.29 is 17.9 Å². The lowest BCUT2D eigenvalue weighted by Crippen LogP contribution is -2.23. The predicted molar refractivity (Wildman–Crippen MR) is 130 cm³/mol. The molecule has 0 bridgehead atoms. The first-order chi connectivity index (χ1) is 15.8. The molecule has 0 saturated carbocycles. The first-order valence-electron chi connectivity index (χ1n) is 10.8. The third kappa shape index (κ3) is 4.98. The molecule has 1 atom stereocenters. The molecule has 2 N–H and O–H groups in total. The summed E-state index contributed by atoms with van der Waals surface area (Å²) in [5, 5.41) is 3.36. The Morgan fingerprint density at radius 2 is 1.88 bits per heavy atom. The molecule has 33 heavy (non-hydrogen) atoms. The van der Waals surface area contributed by atoms with Gasteiger partial charge < -0.3 is 19.4 Å². The SMILES string of the molecule is CCOc1cc(=O)n(C)cc1-c1cc(NS(=O)(=O)CC)ccc1OC1Cc2ccccc2N1. The van der Waals surface area contributed by atoms with Crippen molar-refractivity contribution in [2.75, 3.05) is 22.4 Å². The molecule has 9 heteroatoms. The molecule has 0 aliphatic carbocycles. The lowest BCUT2D eigenvalue weighted by atomic mass is 10.0. The predicted octanol–water partition coefficient (Wildman–Crippen LogP) is 3.59. The summed E-state index contributed by atoms with van der Waals surface area (Å²) in [4.78, 5) is 12.2. The quantitative estimate of drug-likeness (QED) is 0.523. The summed E-state index contributed by atoms with van der Waals surface area (Å²) in [6, 6.07) is 14.5. The third-order valence-corrected chi connectivity index (χ3v) is 6.73. The fourth-order valence-corrected chi connectivity index (χ4v) is 4.37. The van der Waals surface area contributed by atoms with Gasteiger partial charge in [0, 0.05) is 48.2 Å². The molecule has 3 aromatic rings. The molecule has 0 amide bonds. The van der Waals surface area contributed by atoms with E-state index in [1.807, 2.05) is 25.1 Å². The van der Waals surface area contributed by atoms with Crippen LogP contribution in [0.2, 0.25) is 0 Å². The average molecular weight is 470 g/mol. The largest absolute Gasteiger partial charge is 0.493 e. The van der Waals surface area contributed by atoms with Gasteiger partial charge in [0.1, 0.15) is 11.5 Å². The number of para-hydroxylation sites is 1. The summed E-state index contributed by atoms with van der Waals surface area (Å²) in [7, 11) is -1.81. The number of pyridine rings is 1. The van der Waals surface area contributed by atoms with E-state index in [9.17, 15) is 13.2 Å². The zero-order valence-electron chi connectivity index (χ0n) is 18.8. The first kappa shape index (κ1) is 22.7. The number of ether oxygens (including phenoxy) is 2. The van der Waals surface area contributed by atoms with Gasteiger partial charge >= 0.3 is 0 Å². The second-order valence-corrected chi connectivity index (χ2v) is 9.77. The van der Waals surface area contributed by atoms with Crippen molar-refractivity contribution >= 4 is 21.4 Å². The van der Waals surface area contributed by atoms with E-state index >= 15 is 0 Å². The van der Waals surface area contributed by atoms with Crippen LogP contribution in [0.4, 0.5) is 11.4 Å². The van der Waals surface area contributed by atoms with Crippen molar-refractivity contribution in [3.8, 4) is 22.6 Å². The van der Waals surface area contributed by atoms with Gasteiger partial charge in [-0.25, -0.2) is 8.42 Å². The Hall–Kier alpha value is -3.46. The summed E-state index contributed by atoms with van der Waals surface area (Å²) in [6.07, 6.45) is 2.07. The zero-order valence-corrected chi connectivity index (χ0v) is 19.6. The Morgan fingerprint density at radius 3 is 2.61 bits per heavy atom. The molecular weight excluding hydrogens is 442 g/mol. The van der Waals surface area contributed by atoms with E-state index in [4.69, 9.17) is 9.47 Å². The minimum Gasteiger partial charge on any atom is -0.493 e. The number of hydrogen-bond acceptors (Lipinski definition) is 6. The Labute approximate surface area is 193 Å². The van der Waals surface area contributed by atoms with Crippen LogP contribution in [0.25, 0.3) is 11.1 Å². The van der Waals surface area contributed by atoms with Gasteiger partial charge in [0.2, 0.25) is 10.0 Å². The molecule has 0 fully saturated rings. The number of hydrogen-bond donors (Lipinski definition) is 2. The van der Waals surface area contributed by atoms with E-state index in [2.05, 4.69) is 16.1 Å². The molecule has 1 aliphatic rings. The number of nitrogens with one attached hydrogen (secondary N) is 2. The van der Waals surface area contributed by atoms with E-state index in [0.29, 0.717) is 41.3 Å². The highest BCUT2D eigenvalue weighted by Gasteiger charge is 2.24. The van der Waals surface area contributed by atoms with Gasteiger partial charge in [-0.05, 0) is 43.7 Å². The molecule has 0 spiro atoms. The van der Waals surface area contributed by atoms with Crippen LogP contribution in [0.3, 0.4) is 0 Å². The molecule has 174 valence electrons. The van der Waals surface area contributed by atoms with E-state index in [-0.39, 0.29) is 17.5 Å². The fourth-order valence-electron chi connectivity index (χ4n) is 3.74. The van der Waals surface area contributed by atoms with Gasteiger partial charge in [0.25, 0.3) is 5.56 Å². The maximum atomic E-state index is 12.2. The van der Waals surface area contributed by atoms with Gasteiger partial charge in [-0.1, -0.05) is 18.2 Å². The molecule has 0 radical (unpaired) electrons. The molecule has 2 heterocycles. The summed E-state index contributed by atoms with van der Waals surface area (Å²) < 4.78 is 40.4. The summed E-state index contributed by atoms with van der Waals surface area (Å²) in [6.45, 7) is 3.78. The van der Waals surface area contributed by atoms with Crippen molar-refractivity contribution in [1.29, 1.82) is 0 Å². The Kier molecular flexibility index (Phi) is 6.33. The Bertz CT molecular complexity index is 1310. The van der Waals surface area contributed by atoms with Crippen molar-refractivity contribution in [2.24, 2.45) is 7.05 Å². The van der Waals surface area contributed by atoms with E-state index in [1.165, 1.54) is 10.6 Å². The van der Waals surface area contributed by atoms with E-state index in [0.717, 1.165) is 11.3 Å². The first-order valence-corrected chi connectivity index (χ1v) is 12.4. The molecule has 1 aromatic heterocycles. The van der Waals surface area contributed by atoms with Crippen LogP contribution < -0.4 is 25.1 Å². The number of fused-ring (bicyclic) bond motifs is 1. The third-order valence-electron chi connectivity index (χ3n) is 5.42. The zero-order chi connectivity index (χ0) is 23.6. The topological polar surface area (TPSA) is 98.7 Å². The summed E-state index contributed by atoms with van der Waals surface area (Å²) in [5.74, 6) is 0.900. The second kappa shape index (κ2) is 9.19. The molecule has 2 aromatic carbocycles. The number of aromatic nitrogens is 1. The van der Waals surface area contributed by atoms with Gasteiger partial charge in [-0.15, -0.1) is 0 Å². The van der Waals surface area contributed by atoms with Crippen LogP contribution in [-0.2, 0) is 23.5 Å².